The van der Waals surface area contributed by atoms with Crippen LogP contribution in [0, 0.1) is 6.92 Å². The summed E-state index contributed by atoms with van der Waals surface area (Å²) in [4.78, 5) is 14.9. The first-order chi connectivity index (χ1) is 6.84. The Morgan fingerprint density at radius 2 is 2.07 bits per heavy atom. The van der Waals surface area contributed by atoms with Crippen LogP contribution >= 0.6 is 11.3 Å². The molecule has 68 valence electrons. The van der Waals surface area contributed by atoms with E-state index in [4.69, 9.17) is 0 Å². The maximum atomic E-state index is 4.38. The molecular formula is C10H7N3S. The molecule has 14 heavy (non-hydrogen) atoms. The molecule has 0 fully saturated rings. The van der Waals surface area contributed by atoms with Crippen molar-refractivity contribution >= 4 is 31.8 Å². The summed E-state index contributed by atoms with van der Waals surface area (Å²) in [7, 11) is 0. The van der Waals surface area contributed by atoms with Crippen LogP contribution in [0.3, 0.4) is 0 Å². The maximum absolute atomic E-state index is 4.38. The molecule has 4 heteroatoms. The molecule has 0 spiro atoms. The minimum atomic E-state index is 0.809. The van der Waals surface area contributed by atoms with E-state index in [1.807, 2.05) is 19.2 Å². The van der Waals surface area contributed by atoms with E-state index in [0.717, 1.165) is 26.3 Å². The molecular weight excluding hydrogens is 194 g/mol. The van der Waals surface area contributed by atoms with Crippen molar-refractivity contribution in [2.75, 3.05) is 0 Å². The number of thiophene rings is 1. The predicted octanol–water partition coefficient (Wildman–Crippen LogP) is 2.55. The molecule has 3 aromatic heterocycles. The van der Waals surface area contributed by atoms with E-state index >= 15 is 0 Å². The van der Waals surface area contributed by atoms with Crippen molar-refractivity contribution in [2.45, 2.75) is 6.92 Å². The zero-order valence-electron chi connectivity index (χ0n) is 7.56. The molecule has 0 bridgehead atoms. The van der Waals surface area contributed by atoms with Crippen LogP contribution in [0.4, 0.5) is 0 Å². The normalized spacial score (nSPS) is 11.2. The second-order valence-electron chi connectivity index (χ2n) is 3.09. The quantitative estimate of drug-likeness (QED) is 0.561. The van der Waals surface area contributed by atoms with Crippen molar-refractivity contribution in [2.24, 2.45) is 0 Å². The van der Waals surface area contributed by atoms with Crippen LogP contribution in [0.5, 0.6) is 0 Å². The fraction of sp³-hybridized carbons (Fsp3) is 0.100. The maximum Gasteiger partial charge on any atom is 0.129 e. The highest BCUT2D eigenvalue weighted by Crippen LogP contribution is 2.29. The van der Waals surface area contributed by atoms with E-state index < -0.39 is 0 Å². The van der Waals surface area contributed by atoms with Gasteiger partial charge in [-0.25, -0.2) is 15.0 Å². The van der Waals surface area contributed by atoms with Crippen LogP contribution in [0.15, 0.2) is 24.5 Å². The zero-order valence-corrected chi connectivity index (χ0v) is 8.38. The summed E-state index contributed by atoms with van der Waals surface area (Å²) in [5.74, 6) is 0.809. The summed E-state index contributed by atoms with van der Waals surface area (Å²) in [6.07, 6.45) is 3.68. The van der Waals surface area contributed by atoms with E-state index in [-0.39, 0.29) is 0 Å². The lowest BCUT2D eigenvalue weighted by Gasteiger charge is -1.90. The summed E-state index contributed by atoms with van der Waals surface area (Å²) >= 11 is 1.61. The summed E-state index contributed by atoms with van der Waals surface area (Å²) in [6.45, 7) is 1.90. The van der Waals surface area contributed by atoms with Crippen molar-refractivity contribution < 1.29 is 0 Å². The minimum Gasteiger partial charge on any atom is -0.245 e. The summed E-state index contributed by atoms with van der Waals surface area (Å²) in [5.41, 5.74) is 0. The molecule has 0 saturated heterocycles. The molecule has 3 nitrogen and oxygen atoms in total. The third kappa shape index (κ3) is 1.01. The Balaban J connectivity index is 2.57. The lowest BCUT2D eigenvalue weighted by atomic mass is 10.3. The lowest BCUT2D eigenvalue weighted by molar-refractivity contribution is 1.10. The van der Waals surface area contributed by atoms with Crippen LogP contribution < -0.4 is 0 Å². The number of aryl methyl sites for hydroxylation is 1. The molecule has 3 rings (SSSR count). The first-order valence-electron chi connectivity index (χ1n) is 4.31. The number of nitrogens with zero attached hydrogens (tertiary/aromatic N) is 3. The van der Waals surface area contributed by atoms with Gasteiger partial charge in [-0.1, -0.05) is 11.3 Å². The molecule has 0 aliphatic rings. The van der Waals surface area contributed by atoms with Crippen molar-refractivity contribution in [3.8, 4) is 0 Å². The van der Waals surface area contributed by atoms with E-state index in [1.165, 1.54) is 0 Å². The number of rotatable bonds is 0. The SMILES string of the molecule is Cc1ncc2c(n1)sc1ncccc12. The number of aromatic nitrogens is 3. The fourth-order valence-electron chi connectivity index (χ4n) is 1.48. The summed E-state index contributed by atoms with van der Waals surface area (Å²) in [6, 6.07) is 3.99. The molecule has 0 radical (unpaired) electrons. The van der Waals surface area contributed by atoms with Gasteiger partial charge in [0, 0.05) is 23.2 Å². The molecule has 0 N–H and O–H groups in total. The van der Waals surface area contributed by atoms with Crippen LogP contribution in [0.2, 0.25) is 0 Å². The largest absolute Gasteiger partial charge is 0.245 e. The highest BCUT2D eigenvalue weighted by atomic mass is 32.1. The van der Waals surface area contributed by atoms with Crippen molar-refractivity contribution in [1.82, 2.24) is 15.0 Å². The molecule has 0 aliphatic heterocycles. The molecule has 3 heterocycles. The van der Waals surface area contributed by atoms with Gasteiger partial charge in [0.05, 0.1) is 0 Å². The van der Waals surface area contributed by atoms with Crippen molar-refractivity contribution in [3.63, 3.8) is 0 Å². The Morgan fingerprint density at radius 3 is 3.00 bits per heavy atom. The molecule has 0 saturated carbocycles. The van der Waals surface area contributed by atoms with Gasteiger partial charge in [-0.15, -0.1) is 0 Å². The van der Waals surface area contributed by atoms with Gasteiger partial charge in [-0.2, -0.15) is 0 Å². The van der Waals surface area contributed by atoms with Gasteiger partial charge >= 0.3 is 0 Å². The molecule has 0 aliphatic carbocycles. The zero-order chi connectivity index (χ0) is 9.54. The van der Waals surface area contributed by atoms with E-state index in [1.54, 1.807) is 17.5 Å². The third-order valence-electron chi connectivity index (χ3n) is 2.13. The Labute approximate surface area is 84.5 Å². The number of hydrogen-bond donors (Lipinski definition) is 0. The third-order valence-corrected chi connectivity index (χ3v) is 3.15. The van der Waals surface area contributed by atoms with Crippen molar-refractivity contribution in [1.29, 1.82) is 0 Å². The summed E-state index contributed by atoms with van der Waals surface area (Å²) < 4.78 is 0. The Morgan fingerprint density at radius 1 is 1.14 bits per heavy atom. The van der Waals surface area contributed by atoms with Gasteiger partial charge in [-0.3, -0.25) is 0 Å². The van der Waals surface area contributed by atoms with E-state index in [9.17, 15) is 0 Å². The highest BCUT2D eigenvalue weighted by molar-refractivity contribution is 7.25. The highest BCUT2D eigenvalue weighted by Gasteiger charge is 2.06. The average molecular weight is 201 g/mol. The van der Waals surface area contributed by atoms with Crippen molar-refractivity contribution in [3.05, 3.63) is 30.4 Å². The number of pyridine rings is 1. The number of hydrogen-bond acceptors (Lipinski definition) is 4. The van der Waals surface area contributed by atoms with Gasteiger partial charge in [-0.05, 0) is 19.1 Å². The lowest BCUT2D eigenvalue weighted by Crippen LogP contribution is -1.83. The summed E-state index contributed by atoms with van der Waals surface area (Å²) in [5, 5.41) is 2.25. The molecule has 0 aromatic carbocycles. The molecule has 3 aromatic rings. The fourth-order valence-corrected chi connectivity index (χ4v) is 2.52. The Hall–Kier alpha value is -1.55. The van der Waals surface area contributed by atoms with Gasteiger partial charge in [0.1, 0.15) is 15.5 Å². The van der Waals surface area contributed by atoms with Crippen LogP contribution in [0.25, 0.3) is 20.4 Å². The van der Waals surface area contributed by atoms with Gasteiger partial charge in [0.15, 0.2) is 0 Å². The first-order valence-corrected chi connectivity index (χ1v) is 5.13. The standard InChI is InChI=1S/C10H7N3S/c1-6-12-5-8-7-3-2-4-11-9(7)14-10(8)13-6/h2-5H,1H3. The minimum absolute atomic E-state index is 0.809. The smallest absolute Gasteiger partial charge is 0.129 e. The van der Waals surface area contributed by atoms with Gasteiger partial charge in [0.25, 0.3) is 0 Å². The second-order valence-corrected chi connectivity index (χ2v) is 4.07. The van der Waals surface area contributed by atoms with Crippen LogP contribution in [-0.4, -0.2) is 15.0 Å². The number of fused-ring (bicyclic) bond motifs is 3. The first kappa shape index (κ1) is 7.82. The topological polar surface area (TPSA) is 38.7 Å². The van der Waals surface area contributed by atoms with E-state index in [0.29, 0.717) is 0 Å². The molecule has 0 amide bonds. The van der Waals surface area contributed by atoms with Crippen LogP contribution in [0.1, 0.15) is 5.82 Å². The second kappa shape index (κ2) is 2.72. The molecule has 0 unspecified atom stereocenters. The van der Waals surface area contributed by atoms with E-state index in [2.05, 4.69) is 21.0 Å². The van der Waals surface area contributed by atoms with Crippen LogP contribution in [-0.2, 0) is 0 Å². The van der Waals surface area contributed by atoms with Gasteiger partial charge in [0.2, 0.25) is 0 Å². The Kier molecular flexibility index (Phi) is 1.52. The monoisotopic (exact) mass is 201 g/mol. The average Bonchev–Trinajstić information content (AvgIpc) is 2.54. The predicted molar refractivity (Wildman–Crippen MR) is 57.5 cm³/mol. The Bertz CT molecular complexity index is 615. The molecule has 0 atom stereocenters. The van der Waals surface area contributed by atoms with Gasteiger partial charge < -0.3 is 0 Å².